The van der Waals surface area contributed by atoms with Gasteiger partial charge in [-0.2, -0.15) is 4.31 Å². The molecule has 0 radical (unpaired) electrons. The van der Waals surface area contributed by atoms with E-state index in [0.29, 0.717) is 21.9 Å². The van der Waals surface area contributed by atoms with Crippen molar-refractivity contribution in [3.8, 4) is 5.75 Å². The van der Waals surface area contributed by atoms with Crippen molar-refractivity contribution in [3.63, 3.8) is 0 Å². The summed E-state index contributed by atoms with van der Waals surface area (Å²) in [5.74, 6) is -4.27. The van der Waals surface area contributed by atoms with Gasteiger partial charge in [0.25, 0.3) is 5.92 Å². The number of alkyl halides is 5. The molecule has 3 N–H and O–H groups in total. The number of hydrogen-bond donors (Lipinski definition) is 2. The maximum atomic E-state index is 14.0. The van der Waals surface area contributed by atoms with Gasteiger partial charge < -0.3 is 20.7 Å². The van der Waals surface area contributed by atoms with Gasteiger partial charge in [-0.1, -0.05) is 61.5 Å². The number of allylic oxidation sites excluding steroid dienone is 5. The number of nitrogens with zero attached hydrogens (tertiary/aromatic N) is 3. The number of nitrogens with one attached hydrogen (secondary N) is 1. The highest BCUT2D eigenvalue weighted by molar-refractivity contribution is 7.89. The van der Waals surface area contributed by atoms with Crippen molar-refractivity contribution in [2.45, 2.75) is 43.1 Å². The van der Waals surface area contributed by atoms with E-state index >= 15 is 0 Å². The van der Waals surface area contributed by atoms with Crippen molar-refractivity contribution in [3.05, 3.63) is 107 Å². The van der Waals surface area contributed by atoms with E-state index in [1.807, 2.05) is 0 Å². The molecule has 1 aliphatic carbocycles. The van der Waals surface area contributed by atoms with Gasteiger partial charge in [-0.05, 0) is 41.5 Å². The fourth-order valence-electron chi connectivity index (χ4n) is 4.75. The molecule has 4 rings (SSSR count). The van der Waals surface area contributed by atoms with Crippen LogP contribution >= 0.6 is 11.6 Å². The van der Waals surface area contributed by atoms with E-state index in [2.05, 4.69) is 21.6 Å². The zero-order valence-electron chi connectivity index (χ0n) is 25.0. The summed E-state index contributed by atoms with van der Waals surface area (Å²) >= 11 is 6.21. The van der Waals surface area contributed by atoms with E-state index in [1.54, 1.807) is 23.1 Å². The highest BCUT2D eigenvalue weighted by Gasteiger charge is 2.41. The maximum Gasteiger partial charge on any atom is 0.573 e. The zero-order valence-corrected chi connectivity index (χ0v) is 26.5. The SMILES string of the molecule is C=C1C=CC=C(Cl)/C1=N/C=C(\N)N1CCN(S(=O)(=O)c2ccc(OC(F)(F)F)cc2)[C@@H](C(=O)NCc2ccc(C(F)(F)CC)cc2)C1. The molecule has 0 unspecified atom stereocenters. The topological polar surface area (TPSA) is 117 Å². The first-order chi connectivity index (χ1) is 22.0. The van der Waals surface area contributed by atoms with Crippen LogP contribution in [-0.2, 0) is 27.3 Å². The van der Waals surface area contributed by atoms with Crippen LogP contribution in [0.2, 0.25) is 0 Å². The number of sulfonamides is 1. The Hall–Kier alpha value is -4.21. The number of carbonyl (C=O) groups is 1. The Morgan fingerprint density at radius 2 is 1.79 bits per heavy atom. The second kappa shape index (κ2) is 14.3. The van der Waals surface area contributed by atoms with E-state index in [0.717, 1.165) is 28.6 Å². The predicted molar refractivity (Wildman–Crippen MR) is 167 cm³/mol. The summed E-state index contributed by atoms with van der Waals surface area (Å²) in [5, 5.41) is 2.97. The normalized spacial score (nSPS) is 19.1. The van der Waals surface area contributed by atoms with Crippen LogP contribution in [0.15, 0.2) is 106 Å². The molecule has 1 fully saturated rings. The minimum atomic E-state index is -4.97. The molecule has 1 aliphatic heterocycles. The van der Waals surface area contributed by atoms with Crippen molar-refractivity contribution in [2.75, 3.05) is 19.6 Å². The van der Waals surface area contributed by atoms with Crippen LogP contribution in [0, 0.1) is 0 Å². The number of halogens is 6. The average Bonchev–Trinajstić information content (AvgIpc) is 3.02. The van der Waals surface area contributed by atoms with Crippen LogP contribution in [0.4, 0.5) is 22.0 Å². The monoisotopic (exact) mass is 699 g/mol. The van der Waals surface area contributed by atoms with Gasteiger partial charge in [0.1, 0.15) is 17.6 Å². The highest BCUT2D eigenvalue weighted by Crippen LogP contribution is 2.31. The largest absolute Gasteiger partial charge is 0.573 e. The summed E-state index contributed by atoms with van der Waals surface area (Å²) in [7, 11) is -4.42. The molecule has 1 heterocycles. The molecule has 1 saturated heterocycles. The third-order valence-electron chi connectivity index (χ3n) is 7.35. The number of piperazine rings is 1. The molecule has 1 amide bonds. The Bertz CT molecular complexity index is 1720. The zero-order chi connectivity index (χ0) is 34.6. The lowest BCUT2D eigenvalue weighted by molar-refractivity contribution is -0.274. The smallest absolute Gasteiger partial charge is 0.406 e. The fraction of sp³-hybridized carbons (Fsp3) is 0.290. The minimum Gasteiger partial charge on any atom is -0.406 e. The molecule has 47 heavy (non-hydrogen) atoms. The number of nitrogens with two attached hydrogens (primary N) is 1. The van der Waals surface area contributed by atoms with Crippen molar-refractivity contribution >= 4 is 33.2 Å². The van der Waals surface area contributed by atoms with Crippen LogP contribution < -0.4 is 15.8 Å². The summed E-state index contributed by atoms with van der Waals surface area (Å²) in [6, 6.07) is 7.59. The van der Waals surface area contributed by atoms with E-state index in [9.17, 15) is 35.2 Å². The third-order valence-corrected chi connectivity index (χ3v) is 9.57. The molecule has 0 bridgehead atoms. The standard InChI is InChI=1S/C31H31ClF5N5O4S/c1-3-30(33,34)22-9-7-21(8-10-22)17-40-29(43)26-19-41(27(38)18-39-28-20(2)5-4-6-25(28)32)15-16-42(26)47(44,45)24-13-11-23(12-14-24)46-31(35,36)37/h4-14,18,26H,2-3,15-17,19,38H2,1H3,(H,40,43)/b27-18+,39-28+/t26-/m1/s1. The van der Waals surface area contributed by atoms with Crippen LogP contribution in [0.1, 0.15) is 24.5 Å². The predicted octanol–water partition coefficient (Wildman–Crippen LogP) is 5.53. The second-order valence-corrected chi connectivity index (χ2v) is 12.8. The van der Waals surface area contributed by atoms with Crippen molar-refractivity contribution in [1.82, 2.24) is 14.5 Å². The summed E-state index contributed by atoms with van der Waals surface area (Å²) in [4.78, 5) is 19.0. The number of benzene rings is 2. The van der Waals surface area contributed by atoms with E-state index in [4.69, 9.17) is 17.3 Å². The number of carbonyl (C=O) groups excluding carboxylic acids is 1. The van der Waals surface area contributed by atoms with Crippen LogP contribution in [0.3, 0.4) is 0 Å². The first kappa shape index (κ1) is 35.6. The third kappa shape index (κ3) is 8.78. The lowest BCUT2D eigenvalue weighted by Crippen LogP contribution is -2.60. The van der Waals surface area contributed by atoms with Gasteiger partial charge in [-0.3, -0.25) is 9.79 Å². The van der Waals surface area contributed by atoms with Gasteiger partial charge in [0, 0.05) is 38.2 Å². The Kier molecular flexibility index (Phi) is 10.8. The summed E-state index contributed by atoms with van der Waals surface area (Å²) < 4.78 is 98.1. The molecule has 2 aromatic carbocycles. The quantitative estimate of drug-likeness (QED) is 0.316. The number of hydrogen-bond acceptors (Lipinski definition) is 7. The van der Waals surface area contributed by atoms with E-state index in [1.165, 1.54) is 37.4 Å². The van der Waals surface area contributed by atoms with Gasteiger partial charge in [0.2, 0.25) is 15.9 Å². The fourth-order valence-corrected chi connectivity index (χ4v) is 6.56. The number of ether oxygens (including phenoxy) is 1. The lowest BCUT2D eigenvalue weighted by atomic mass is 10.0. The molecule has 16 heteroatoms. The molecule has 0 spiro atoms. The van der Waals surface area contributed by atoms with Crippen molar-refractivity contribution in [2.24, 2.45) is 10.7 Å². The van der Waals surface area contributed by atoms with Gasteiger partial charge in [-0.15, -0.1) is 13.2 Å². The lowest BCUT2D eigenvalue weighted by Gasteiger charge is -2.40. The Balaban J connectivity index is 1.58. The summed E-state index contributed by atoms with van der Waals surface area (Å²) in [5.41, 5.74) is 7.49. The molecular formula is C31H31ClF5N5O4S. The Morgan fingerprint density at radius 1 is 1.13 bits per heavy atom. The molecule has 0 aromatic heterocycles. The first-order valence-corrected chi connectivity index (χ1v) is 16.0. The summed E-state index contributed by atoms with van der Waals surface area (Å²) in [6.45, 7) is 4.70. The number of aliphatic imine (C=N–C) groups is 1. The molecule has 1 atom stereocenters. The number of rotatable bonds is 10. The van der Waals surface area contributed by atoms with Crippen LogP contribution in [-0.4, -0.2) is 61.3 Å². The first-order valence-electron chi connectivity index (χ1n) is 14.2. The van der Waals surface area contributed by atoms with Crippen molar-refractivity contribution < 1.29 is 39.9 Å². The van der Waals surface area contributed by atoms with Crippen LogP contribution in [0.25, 0.3) is 0 Å². The number of amides is 1. The van der Waals surface area contributed by atoms with Gasteiger partial charge in [0.05, 0.1) is 21.8 Å². The molecule has 2 aromatic rings. The van der Waals surface area contributed by atoms with Gasteiger partial charge in [0.15, 0.2) is 0 Å². The highest BCUT2D eigenvalue weighted by atomic mass is 35.5. The Labute approximate surface area is 273 Å². The van der Waals surface area contributed by atoms with Gasteiger partial charge >= 0.3 is 6.36 Å². The van der Waals surface area contributed by atoms with Crippen LogP contribution in [0.5, 0.6) is 5.75 Å². The Morgan fingerprint density at radius 3 is 2.38 bits per heavy atom. The van der Waals surface area contributed by atoms with Gasteiger partial charge in [-0.25, -0.2) is 17.2 Å². The average molecular weight is 700 g/mol. The minimum absolute atomic E-state index is 0.0307. The summed E-state index contributed by atoms with van der Waals surface area (Å²) in [6.07, 6.45) is 0.964. The molecule has 9 nitrogen and oxygen atoms in total. The molecule has 0 saturated carbocycles. The molecule has 252 valence electrons. The second-order valence-electron chi connectivity index (χ2n) is 10.5. The maximum absolute atomic E-state index is 14.0. The van der Waals surface area contributed by atoms with E-state index < -0.39 is 40.0 Å². The van der Waals surface area contributed by atoms with Crippen molar-refractivity contribution in [1.29, 1.82) is 0 Å². The molecular weight excluding hydrogens is 669 g/mol. The van der Waals surface area contributed by atoms with E-state index in [-0.39, 0.29) is 48.9 Å². The molecule has 2 aliphatic rings.